The molecular formula is C21H21O6P. The lowest BCUT2D eigenvalue weighted by atomic mass is 10.2. The van der Waals surface area contributed by atoms with Crippen LogP contribution in [0.2, 0.25) is 0 Å². The van der Waals surface area contributed by atoms with Crippen LogP contribution >= 0.6 is 8.60 Å². The molecule has 0 amide bonds. The van der Waals surface area contributed by atoms with Crippen LogP contribution in [0.1, 0.15) is 16.7 Å². The van der Waals surface area contributed by atoms with Crippen molar-refractivity contribution in [2.24, 2.45) is 0 Å². The molecule has 0 aromatic heterocycles. The number of hydrogen-bond donors (Lipinski definition) is 3. The minimum atomic E-state index is -1.64. The first-order valence-electron chi connectivity index (χ1n) is 8.61. The minimum Gasteiger partial charge on any atom is -0.508 e. The molecule has 0 aliphatic carbocycles. The van der Waals surface area contributed by atoms with Crippen molar-refractivity contribution in [2.45, 2.75) is 19.8 Å². The molecule has 146 valence electrons. The van der Waals surface area contributed by atoms with E-state index in [1.807, 2.05) is 0 Å². The topological polar surface area (TPSA) is 88.4 Å². The van der Waals surface area contributed by atoms with E-state index in [1.54, 1.807) is 72.8 Å². The molecule has 3 aromatic rings. The van der Waals surface area contributed by atoms with Gasteiger partial charge in [0.05, 0.1) is 19.8 Å². The molecule has 0 radical (unpaired) electrons. The molecule has 3 aromatic carbocycles. The summed E-state index contributed by atoms with van der Waals surface area (Å²) in [5.41, 5.74) is 2.64. The standard InChI is InChI=1S/C21H21O6P/c22-19-7-1-16(2-8-19)13-25-28(26-14-17-3-9-20(23)10-4-17)27-15-18-5-11-21(24)12-6-18/h1-12,22-24H,13-15H2. The van der Waals surface area contributed by atoms with Crippen LogP contribution in [-0.2, 0) is 33.4 Å². The van der Waals surface area contributed by atoms with Crippen molar-refractivity contribution >= 4 is 8.60 Å². The second kappa shape index (κ2) is 10.1. The maximum Gasteiger partial charge on any atom is 0.333 e. The van der Waals surface area contributed by atoms with Crippen molar-refractivity contribution in [1.82, 2.24) is 0 Å². The second-order valence-corrected chi connectivity index (χ2v) is 7.27. The summed E-state index contributed by atoms with van der Waals surface area (Å²) >= 11 is 0. The molecule has 0 saturated heterocycles. The van der Waals surface area contributed by atoms with Gasteiger partial charge >= 0.3 is 8.60 Å². The fourth-order valence-corrected chi connectivity index (χ4v) is 3.26. The van der Waals surface area contributed by atoms with Gasteiger partial charge in [0.15, 0.2) is 0 Å². The zero-order chi connectivity index (χ0) is 19.8. The van der Waals surface area contributed by atoms with Gasteiger partial charge < -0.3 is 28.9 Å². The van der Waals surface area contributed by atoms with Crippen molar-refractivity contribution < 1.29 is 28.9 Å². The molecular weight excluding hydrogens is 379 g/mol. The largest absolute Gasteiger partial charge is 0.508 e. The summed E-state index contributed by atoms with van der Waals surface area (Å²) in [5.74, 6) is 0.578. The zero-order valence-electron chi connectivity index (χ0n) is 15.1. The summed E-state index contributed by atoms with van der Waals surface area (Å²) in [6, 6.07) is 20.2. The Morgan fingerprint density at radius 2 is 0.714 bits per heavy atom. The third-order valence-electron chi connectivity index (χ3n) is 3.82. The normalized spacial score (nSPS) is 11.0. The van der Waals surface area contributed by atoms with Crippen molar-refractivity contribution in [3.8, 4) is 17.2 Å². The van der Waals surface area contributed by atoms with Crippen LogP contribution in [0.4, 0.5) is 0 Å². The lowest BCUT2D eigenvalue weighted by Crippen LogP contribution is -1.98. The smallest absolute Gasteiger partial charge is 0.333 e. The number of benzene rings is 3. The number of phenolic OH excluding ortho intramolecular Hbond substituents is 3. The van der Waals surface area contributed by atoms with Gasteiger partial charge in [-0.25, -0.2) is 0 Å². The van der Waals surface area contributed by atoms with Crippen LogP contribution in [0.5, 0.6) is 17.2 Å². The first kappa shape index (κ1) is 20.1. The van der Waals surface area contributed by atoms with E-state index in [9.17, 15) is 15.3 Å². The van der Waals surface area contributed by atoms with Crippen LogP contribution in [-0.4, -0.2) is 15.3 Å². The van der Waals surface area contributed by atoms with E-state index >= 15 is 0 Å². The average Bonchev–Trinajstić information content (AvgIpc) is 2.71. The van der Waals surface area contributed by atoms with Crippen LogP contribution in [0.25, 0.3) is 0 Å². The second-order valence-electron chi connectivity index (χ2n) is 6.04. The van der Waals surface area contributed by atoms with Gasteiger partial charge in [-0.1, -0.05) is 36.4 Å². The van der Waals surface area contributed by atoms with Crippen LogP contribution in [0.3, 0.4) is 0 Å². The van der Waals surface area contributed by atoms with Crippen molar-refractivity contribution in [3.05, 3.63) is 89.5 Å². The Hall–Kier alpha value is -2.63. The number of aromatic hydroxyl groups is 3. The predicted octanol–water partition coefficient (Wildman–Crippen LogP) is 4.98. The Morgan fingerprint density at radius 3 is 0.964 bits per heavy atom. The Labute approximate surface area is 164 Å². The van der Waals surface area contributed by atoms with Gasteiger partial charge in [-0.3, -0.25) is 0 Å². The van der Waals surface area contributed by atoms with Gasteiger partial charge in [-0.15, -0.1) is 0 Å². The van der Waals surface area contributed by atoms with E-state index < -0.39 is 8.60 Å². The quantitative estimate of drug-likeness (QED) is 0.439. The predicted molar refractivity (Wildman–Crippen MR) is 106 cm³/mol. The summed E-state index contributed by atoms with van der Waals surface area (Å²) in [7, 11) is -1.64. The molecule has 3 N–H and O–H groups in total. The molecule has 28 heavy (non-hydrogen) atoms. The summed E-state index contributed by atoms with van der Waals surface area (Å²) in [6.07, 6.45) is 0. The van der Waals surface area contributed by atoms with Gasteiger partial charge in [0, 0.05) is 0 Å². The maximum absolute atomic E-state index is 9.37. The molecule has 0 aliphatic rings. The Bertz CT molecular complexity index is 732. The molecule has 0 unspecified atom stereocenters. The molecule has 7 heteroatoms. The Kier molecular flexibility index (Phi) is 7.23. The van der Waals surface area contributed by atoms with Crippen molar-refractivity contribution in [1.29, 1.82) is 0 Å². The van der Waals surface area contributed by atoms with E-state index in [2.05, 4.69) is 0 Å². The summed E-state index contributed by atoms with van der Waals surface area (Å²) < 4.78 is 17.4. The third kappa shape index (κ3) is 6.51. The molecule has 6 nitrogen and oxygen atoms in total. The highest BCUT2D eigenvalue weighted by Crippen LogP contribution is 2.42. The third-order valence-corrected chi connectivity index (χ3v) is 4.84. The maximum atomic E-state index is 9.37. The highest BCUT2D eigenvalue weighted by atomic mass is 31.2. The first-order chi connectivity index (χ1) is 13.6. The summed E-state index contributed by atoms with van der Waals surface area (Å²) in [5, 5.41) is 28.1. The monoisotopic (exact) mass is 400 g/mol. The molecule has 0 spiro atoms. The number of phenols is 3. The summed E-state index contributed by atoms with van der Waals surface area (Å²) in [6.45, 7) is 0.825. The van der Waals surface area contributed by atoms with Crippen LogP contribution in [0, 0.1) is 0 Å². The number of hydrogen-bond acceptors (Lipinski definition) is 6. The van der Waals surface area contributed by atoms with Crippen LogP contribution < -0.4 is 0 Å². The fraction of sp³-hybridized carbons (Fsp3) is 0.143. The SMILES string of the molecule is Oc1ccc(COP(OCc2ccc(O)cc2)OCc2ccc(O)cc2)cc1. The Balaban J connectivity index is 1.58. The van der Waals surface area contributed by atoms with E-state index in [0.29, 0.717) is 0 Å². The van der Waals surface area contributed by atoms with E-state index in [0.717, 1.165) is 16.7 Å². The molecule has 0 fully saturated rings. The highest BCUT2D eigenvalue weighted by molar-refractivity contribution is 7.41. The van der Waals surface area contributed by atoms with Crippen molar-refractivity contribution in [2.75, 3.05) is 0 Å². The van der Waals surface area contributed by atoms with Gasteiger partial charge in [-0.05, 0) is 53.1 Å². The molecule has 3 rings (SSSR count). The van der Waals surface area contributed by atoms with E-state index in [4.69, 9.17) is 13.6 Å². The number of rotatable bonds is 9. The van der Waals surface area contributed by atoms with Gasteiger partial charge in [0.1, 0.15) is 17.2 Å². The first-order valence-corrected chi connectivity index (χ1v) is 9.70. The minimum absolute atomic E-state index is 0.193. The Morgan fingerprint density at radius 1 is 0.464 bits per heavy atom. The van der Waals surface area contributed by atoms with Crippen LogP contribution in [0.15, 0.2) is 72.8 Å². The average molecular weight is 400 g/mol. The van der Waals surface area contributed by atoms with Gasteiger partial charge in [0.2, 0.25) is 0 Å². The van der Waals surface area contributed by atoms with Gasteiger partial charge in [-0.2, -0.15) is 0 Å². The zero-order valence-corrected chi connectivity index (χ0v) is 16.0. The molecule has 0 heterocycles. The highest BCUT2D eigenvalue weighted by Gasteiger charge is 2.14. The van der Waals surface area contributed by atoms with E-state index in [-0.39, 0.29) is 37.1 Å². The summed E-state index contributed by atoms with van der Waals surface area (Å²) in [4.78, 5) is 0. The molecule has 0 bridgehead atoms. The molecule has 0 saturated carbocycles. The molecule has 0 aliphatic heterocycles. The van der Waals surface area contributed by atoms with E-state index in [1.165, 1.54) is 0 Å². The van der Waals surface area contributed by atoms with Gasteiger partial charge in [0.25, 0.3) is 0 Å². The lowest BCUT2D eigenvalue weighted by molar-refractivity contribution is 0.144. The lowest BCUT2D eigenvalue weighted by Gasteiger charge is -2.17. The fourth-order valence-electron chi connectivity index (χ4n) is 2.27. The molecule has 0 atom stereocenters. The van der Waals surface area contributed by atoms with Crippen molar-refractivity contribution in [3.63, 3.8) is 0 Å².